The van der Waals surface area contributed by atoms with Crippen molar-refractivity contribution in [2.24, 2.45) is 0 Å². The first-order valence-electron chi connectivity index (χ1n) is 5.06. The minimum absolute atomic E-state index is 0.642. The maximum Gasteiger partial charge on any atom is 0.242 e. The van der Waals surface area contributed by atoms with Gasteiger partial charge in [0, 0.05) is 10.7 Å². The maximum absolute atomic E-state index is 11.7. The molecule has 2 nitrogen and oxygen atoms in total. The highest BCUT2D eigenvalue weighted by Crippen LogP contribution is 2.47. The molecular weight excluding hydrogens is 232 g/mol. The van der Waals surface area contributed by atoms with Gasteiger partial charge in [0.05, 0.1) is 0 Å². The lowest BCUT2D eigenvalue weighted by Crippen LogP contribution is -2.29. The predicted molar refractivity (Wildman–Crippen MR) is 61.4 cm³/mol. The van der Waals surface area contributed by atoms with Crippen LogP contribution in [0.3, 0.4) is 0 Å². The van der Waals surface area contributed by atoms with E-state index in [0.29, 0.717) is 12.8 Å². The van der Waals surface area contributed by atoms with Gasteiger partial charge < -0.3 is 0 Å². The van der Waals surface area contributed by atoms with Crippen LogP contribution >= 0.6 is 10.7 Å². The van der Waals surface area contributed by atoms with Crippen LogP contribution in [0, 0.1) is 0 Å². The molecule has 0 atom stereocenters. The number of halogens is 1. The summed E-state index contributed by atoms with van der Waals surface area (Å²) in [7, 11) is 2.06. The highest BCUT2D eigenvalue weighted by molar-refractivity contribution is 8.14. The van der Waals surface area contributed by atoms with Gasteiger partial charge in [-0.3, -0.25) is 0 Å². The maximum atomic E-state index is 11.7. The fourth-order valence-electron chi connectivity index (χ4n) is 2.36. The van der Waals surface area contributed by atoms with Crippen LogP contribution < -0.4 is 0 Å². The second-order valence-electron chi connectivity index (χ2n) is 4.01. The molecule has 1 aromatic rings. The average molecular weight is 245 g/mol. The summed E-state index contributed by atoms with van der Waals surface area (Å²) in [5, 5.41) is 0. The topological polar surface area (TPSA) is 34.1 Å². The van der Waals surface area contributed by atoms with Crippen molar-refractivity contribution in [3.05, 3.63) is 35.9 Å². The van der Waals surface area contributed by atoms with Crippen molar-refractivity contribution < 1.29 is 8.42 Å². The number of hydrogen-bond acceptors (Lipinski definition) is 2. The molecule has 0 bridgehead atoms. The van der Waals surface area contributed by atoms with Gasteiger partial charge in [-0.15, -0.1) is 0 Å². The molecule has 1 saturated carbocycles. The highest BCUT2D eigenvalue weighted by atomic mass is 35.7. The molecule has 0 spiro atoms. The van der Waals surface area contributed by atoms with E-state index in [0.717, 1.165) is 18.4 Å². The Bertz CT molecular complexity index is 433. The first kappa shape index (κ1) is 11.0. The van der Waals surface area contributed by atoms with Crippen molar-refractivity contribution in [3.8, 4) is 0 Å². The molecular formula is C11H13ClO2S. The molecule has 2 rings (SSSR count). The summed E-state index contributed by atoms with van der Waals surface area (Å²) in [4.78, 5) is 0. The van der Waals surface area contributed by atoms with Crippen molar-refractivity contribution in [1.82, 2.24) is 0 Å². The standard InChI is InChI=1S/C11H13ClO2S/c12-15(13,14)11(8-4-5-9-11)10-6-2-1-3-7-10/h1-3,6-7H,4-5,8-9H2. The second-order valence-corrected chi connectivity index (χ2v) is 6.88. The molecule has 82 valence electrons. The largest absolute Gasteiger partial charge is 0.242 e. The summed E-state index contributed by atoms with van der Waals surface area (Å²) >= 11 is 0. The van der Waals surface area contributed by atoms with E-state index in [9.17, 15) is 8.42 Å². The zero-order chi connectivity index (χ0) is 10.9. The van der Waals surface area contributed by atoms with Gasteiger partial charge in [0.1, 0.15) is 4.75 Å². The van der Waals surface area contributed by atoms with Crippen LogP contribution in [0.25, 0.3) is 0 Å². The van der Waals surface area contributed by atoms with E-state index in [1.807, 2.05) is 30.3 Å². The van der Waals surface area contributed by atoms with Gasteiger partial charge in [0.25, 0.3) is 0 Å². The molecule has 0 N–H and O–H groups in total. The minimum atomic E-state index is -3.54. The van der Waals surface area contributed by atoms with Gasteiger partial charge in [-0.2, -0.15) is 0 Å². The smallest absolute Gasteiger partial charge is 0.211 e. The summed E-state index contributed by atoms with van der Waals surface area (Å²) in [5.41, 5.74) is 0.831. The lowest BCUT2D eigenvalue weighted by atomic mass is 9.97. The Kier molecular flexibility index (Phi) is 2.77. The van der Waals surface area contributed by atoms with Crippen molar-refractivity contribution in [3.63, 3.8) is 0 Å². The molecule has 15 heavy (non-hydrogen) atoms. The van der Waals surface area contributed by atoms with Crippen molar-refractivity contribution in [2.75, 3.05) is 0 Å². The lowest BCUT2D eigenvalue weighted by molar-refractivity contribution is 0.538. The fraction of sp³-hybridized carbons (Fsp3) is 0.455. The molecule has 1 aliphatic carbocycles. The highest BCUT2D eigenvalue weighted by Gasteiger charge is 2.46. The SMILES string of the molecule is O=S(=O)(Cl)C1(c2ccccc2)CCCC1. The van der Waals surface area contributed by atoms with E-state index >= 15 is 0 Å². The lowest BCUT2D eigenvalue weighted by Gasteiger charge is -2.25. The van der Waals surface area contributed by atoms with Crippen LogP contribution in [0.5, 0.6) is 0 Å². The third-order valence-corrected chi connectivity index (χ3v) is 5.64. The summed E-state index contributed by atoms with van der Waals surface area (Å²) in [5.74, 6) is 0. The van der Waals surface area contributed by atoms with Crippen molar-refractivity contribution in [1.29, 1.82) is 0 Å². The van der Waals surface area contributed by atoms with Crippen LogP contribution in [-0.2, 0) is 13.8 Å². The Morgan fingerprint density at radius 3 is 2.07 bits per heavy atom. The molecule has 1 aliphatic rings. The third kappa shape index (κ3) is 1.79. The summed E-state index contributed by atoms with van der Waals surface area (Å²) in [6, 6.07) is 9.30. The van der Waals surface area contributed by atoms with E-state index in [-0.39, 0.29) is 0 Å². The molecule has 0 saturated heterocycles. The molecule has 0 aliphatic heterocycles. The molecule has 0 amide bonds. The zero-order valence-electron chi connectivity index (χ0n) is 8.32. The number of benzene rings is 1. The molecule has 4 heteroatoms. The van der Waals surface area contributed by atoms with Crippen LogP contribution in [0.4, 0.5) is 0 Å². The van der Waals surface area contributed by atoms with Crippen LogP contribution in [0.15, 0.2) is 30.3 Å². The zero-order valence-corrected chi connectivity index (χ0v) is 9.89. The van der Waals surface area contributed by atoms with E-state index in [4.69, 9.17) is 10.7 Å². The second kappa shape index (κ2) is 3.80. The monoisotopic (exact) mass is 244 g/mol. The molecule has 0 heterocycles. The van der Waals surface area contributed by atoms with Gasteiger partial charge in [0.2, 0.25) is 9.05 Å². The predicted octanol–water partition coefficient (Wildman–Crippen LogP) is 3.02. The van der Waals surface area contributed by atoms with Crippen LogP contribution in [-0.4, -0.2) is 8.42 Å². The Balaban J connectivity index is 2.54. The van der Waals surface area contributed by atoms with Gasteiger partial charge in [0.15, 0.2) is 0 Å². The van der Waals surface area contributed by atoms with Gasteiger partial charge in [-0.05, 0) is 18.4 Å². The van der Waals surface area contributed by atoms with Gasteiger partial charge >= 0.3 is 0 Å². The third-order valence-electron chi connectivity index (χ3n) is 3.18. The molecule has 0 unspecified atom stereocenters. The van der Waals surface area contributed by atoms with Crippen LogP contribution in [0.2, 0.25) is 0 Å². The van der Waals surface area contributed by atoms with Gasteiger partial charge in [-0.1, -0.05) is 43.2 Å². The number of hydrogen-bond donors (Lipinski definition) is 0. The first-order valence-corrected chi connectivity index (χ1v) is 7.37. The van der Waals surface area contributed by atoms with Crippen molar-refractivity contribution >= 4 is 19.7 Å². The minimum Gasteiger partial charge on any atom is -0.211 e. The van der Waals surface area contributed by atoms with E-state index in [1.165, 1.54) is 0 Å². The number of rotatable bonds is 2. The summed E-state index contributed by atoms with van der Waals surface area (Å²) in [6.07, 6.45) is 3.15. The Morgan fingerprint density at radius 2 is 1.60 bits per heavy atom. The normalized spacial score (nSPS) is 20.3. The van der Waals surface area contributed by atoms with E-state index < -0.39 is 13.8 Å². The summed E-state index contributed by atoms with van der Waals surface area (Å²) < 4.78 is 22.6. The van der Waals surface area contributed by atoms with Crippen molar-refractivity contribution in [2.45, 2.75) is 30.4 Å². The molecule has 0 aromatic heterocycles. The van der Waals surface area contributed by atoms with E-state index in [2.05, 4.69) is 0 Å². The van der Waals surface area contributed by atoms with Crippen LogP contribution in [0.1, 0.15) is 31.2 Å². The fourth-order valence-corrected chi connectivity index (χ4v) is 4.29. The van der Waals surface area contributed by atoms with Gasteiger partial charge in [-0.25, -0.2) is 8.42 Å². The molecule has 1 aromatic carbocycles. The summed E-state index contributed by atoms with van der Waals surface area (Å²) in [6.45, 7) is 0. The Labute approximate surface area is 94.7 Å². The van der Waals surface area contributed by atoms with E-state index in [1.54, 1.807) is 0 Å². The Morgan fingerprint density at radius 1 is 1.07 bits per heavy atom. The quantitative estimate of drug-likeness (QED) is 0.750. The molecule has 0 radical (unpaired) electrons. The Hall–Kier alpha value is -0.540. The average Bonchev–Trinajstić information content (AvgIpc) is 2.68. The molecule has 1 fully saturated rings. The first-order chi connectivity index (χ1) is 7.06.